The Kier molecular flexibility index (Phi) is 6.55. The molecule has 1 aliphatic heterocycles. The Bertz CT molecular complexity index is 605. The second kappa shape index (κ2) is 8.29. The highest BCUT2D eigenvalue weighted by Gasteiger charge is 2.49. The van der Waals surface area contributed by atoms with Crippen molar-refractivity contribution < 1.29 is 43.1 Å². The lowest BCUT2D eigenvalue weighted by molar-refractivity contribution is -0.296. The number of nitrogens with zero attached hydrogens (tertiary/aromatic N) is 1. The topological polar surface area (TPSA) is 144 Å². The molecule has 0 radical (unpaired) electrons. The number of carbonyl (C=O) groups is 1. The van der Waals surface area contributed by atoms with Gasteiger partial charge in [-0.05, 0) is 17.7 Å². The van der Waals surface area contributed by atoms with Crippen LogP contribution in [0.2, 0.25) is 0 Å². The number of hydrogen-bond acceptors (Lipinski definition) is 9. The Labute approximate surface area is 147 Å². The zero-order valence-corrected chi connectivity index (χ0v) is 13.7. The Morgan fingerprint density at radius 2 is 1.92 bits per heavy atom. The van der Waals surface area contributed by atoms with E-state index in [1.807, 2.05) is 0 Å². The van der Waals surface area contributed by atoms with Gasteiger partial charge in [-0.15, -0.1) is 0 Å². The third-order valence-electron chi connectivity index (χ3n) is 4.01. The molecule has 0 spiro atoms. The van der Waals surface area contributed by atoms with E-state index in [1.54, 1.807) is 0 Å². The molecule has 0 amide bonds. The van der Waals surface area contributed by atoms with E-state index in [1.165, 1.54) is 31.6 Å². The van der Waals surface area contributed by atoms with Crippen LogP contribution < -0.4 is 5.73 Å². The molecule has 0 aromatic carbocycles. The van der Waals surface area contributed by atoms with E-state index in [0.29, 0.717) is 0 Å². The summed E-state index contributed by atoms with van der Waals surface area (Å²) in [6.07, 6.45) is -5.10. The minimum Gasteiger partial charge on any atom is -0.458 e. The zero-order valence-electron chi connectivity index (χ0n) is 13.7. The predicted octanol–water partition coefficient (Wildman–Crippen LogP) is -1.29. The molecule has 2 heterocycles. The van der Waals surface area contributed by atoms with E-state index in [0.717, 1.165) is 0 Å². The molecule has 0 saturated carbocycles. The van der Waals surface area contributed by atoms with E-state index in [-0.39, 0.29) is 5.56 Å². The number of aliphatic hydroxyl groups is 3. The van der Waals surface area contributed by atoms with Crippen LogP contribution in [-0.4, -0.2) is 76.6 Å². The van der Waals surface area contributed by atoms with Crippen LogP contribution in [0.25, 0.3) is 0 Å². The summed E-state index contributed by atoms with van der Waals surface area (Å²) < 4.78 is 42.8. The van der Waals surface area contributed by atoms with E-state index >= 15 is 0 Å². The third-order valence-corrected chi connectivity index (χ3v) is 4.01. The van der Waals surface area contributed by atoms with Gasteiger partial charge in [0.2, 0.25) is 0 Å². The number of methoxy groups -OCH3 is 1. The van der Waals surface area contributed by atoms with Crippen molar-refractivity contribution in [3.05, 3.63) is 30.1 Å². The molecule has 1 saturated heterocycles. The second-order valence-electron chi connectivity index (χ2n) is 5.73. The number of nitrogens with two attached hydrogens (primary N) is 1. The van der Waals surface area contributed by atoms with Crippen LogP contribution in [0.4, 0.5) is 8.78 Å². The average Bonchev–Trinajstić information content (AvgIpc) is 2.65. The van der Waals surface area contributed by atoms with Crippen LogP contribution >= 0.6 is 0 Å². The maximum absolute atomic E-state index is 14.2. The maximum Gasteiger partial charge on any atom is 0.379 e. The van der Waals surface area contributed by atoms with Crippen LogP contribution in [0.5, 0.6) is 0 Å². The summed E-state index contributed by atoms with van der Waals surface area (Å²) in [6, 6.07) is 0.510. The number of halogens is 2. The van der Waals surface area contributed by atoms with E-state index in [2.05, 4.69) is 9.72 Å². The third kappa shape index (κ3) is 4.14. The highest BCUT2D eigenvalue weighted by Crippen LogP contribution is 2.31. The highest BCUT2D eigenvalue weighted by atomic mass is 19.3. The first-order valence-corrected chi connectivity index (χ1v) is 7.63. The summed E-state index contributed by atoms with van der Waals surface area (Å²) >= 11 is 0. The number of aromatic nitrogens is 1. The molecule has 0 aliphatic carbocycles. The van der Waals surface area contributed by atoms with Crippen molar-refractivity contribution >= 4 is 5.97 Å². The normalized spacial score (nSPS) is 30.7. The highest BCUT2D eigenvalue weighted by molar-refractivity contribution is 5.78. The molecule has 1 aliphatic rings. The maximum atomic E-state index is 14.2. The van der Waals surface area contributed by atoms with Crippen LogP contribution in [0, 0.1) is 0 Å². The SMILES string of the molecule is CO[C@H]1O[C@H](COC(=O)C(F)(F)[C@@H](N)c2ccncc2)[C@@H](O)[C@H](O)[C@H]1O. The van der Waals surface area contributed by atoms with Gasteiger partial charge in [-0.2, -0.15) is 8.78 Å². The molecule has 5 N–H and O–H groups in total. The lowest BCUT2D eigenvalue weighted by atomic mass is 9.99. The summed E-state index contributed by atoms with van der Waals surface area (Å²) in [4.78, 5) is 15.4. The lowest BCUT2D eigenvalue weighted by Crippen LogP contribution is -2.59. The summed E-state index contributed by atoms with van der Waals surface area (Å²) in [6.45, 7) is -0.803. The van der Waals surface area contributed by atoms with E-state index in [9.17, 15) is 28.9 Å². The molecule has 0 bridgehead atoms. The average molecular weight is 378 g/mol. The first kappa shape index (κ1) is 20.6. The minimum absolute atomic E-state index is 0.0195. The van der Waals surface area contributed by atoms with Gasteiger partial charge in [0.15, 0.2) is 6.29 Å². The Morgan fingerprint density at radius 1 is 1.31 bits per heavy atom. The number of esters is 1. The van der Waals surface area contributed by atoms with Crippen molar-refractivity contribution in [3.63, 3.8) is 0 Å². The van der Waals surface area contributed by atoms with Gasteiger partial charge in [0, 0.05) is 19.5 Å². The first-order valence-electron chi connectivity index (χ1n) is 7.63. The molecule has 1 fully saturated rings. The summed E-state index contributed by atoms with van der Waals surface area (Å²) in [5.74, 6) is -5.98. The smallest absolute Gasteiger partial charge is 0.379 e. The number of carbonyl (C=O) groups excluding carboxylic acids is 1. The van der Waals surface area contributed by atoms with Gasteiger partial charge >= 0.3 is 11.9 Å². The fourth-order valence-corrected chi connectivity index (χ4v) is 2.41. The summed E-state index contributed by atoms with van der Waals surface area (Å²) in [5, 5.41) is 29.2. The molecule has 26 heavy (non-hydrogen) atoms. The molecule has 6 atom stereocenters. The Hall–Kier alpha value is -1.76. The van der Waals surface area contributed by atoms with Gasteiger partial charge in [-0.25, -0.2) is 4.79 Å². The lowest BCUT2D eigenvalue weighted by Gasteiger charge is -2.39. The van der Waals surface area contributed by atoms with Crippen LogP contribution in [0.15, 0.2) is 24.5 Å². The Morgan fingerprint density at radius 3 is 2.50 bits per heavy atom. The van der Waals surface area contributed by atoms with Crippen LogP contribution in [-0.2, 0) is 19.0 Å². The zero-order chi connectivity index (χ0) is 19.5. The molecule has 9 nitrogen and oxygen atoms in total. The summed E-state index contributed by atoms with van der Waals surface area (Å²) in [5.41, 5.74) is 5.42. The first-order chi connectivity index (χ1) is 12.2. The fraction of sp³-hybridized carbons (Fsp3) is 0.600. The number of pyridine rings is 1. The molecule has 11 heteroatoms. The van der Waals surface area contributed by atoms with Crippen molar-refractivity contribution in [1.29, 1.82) is 0 Å². The number of alkyl halides is 2. The molecule has 2 rings (SSSR count). The number of aliphatic hydroxyl groups excluding tert-OH is 3. The standard InChI is InChI=1S/C15H20F2N2O7/c1-24-13-11(22)10(21)9(20)8(26-13)6-25-14(23)15(16,17)12(18)7-2-4-19-5-3-7/h2-5,8-13,20-22H,6,18H2,1H3/t8-,9-,10+,11-,12+,13+/m1/s1. The van der Waals surface area contributed by atoms with E-state index in [4.69, 9.17) is 15.2 Å². The predicted molar refractivity (Wildman–Crippen MR) is 80.8 cm³/mol. The van der Waals surface area contributed by atoms with Crippen molar-refractivity contribution in [1.82, 2.24) is 4.98 Å². The molecule has 1 aromatic heterocycles. The molecule has 146 valence electrons. The number of rotatable bonds is 6. The van der Waals surface area contributed by atoms with Gasteiger partial charge in [-0.1, -0.05) is 0 Å². The quantitative estimate of drug-likeness (QED) is 0.445. The van der Waals surface area contributed by atoms with Gasteiger partial charge in [-0.3, -0.25) is 4.98 Å². The van der Waals surface area contributed by atoms with Crippen molar-refractivity contribution in [3.8, 4) is 0 Å². The molecule has 1 aromatic rings. The van der Waals surface area contributed by atoms with Gasteiger partial charge in [0.1, 0.15) is 37.1 Å². The van der Waals surface area contributed by atoms with E-state index < -0.39 is 55.2 Å². The number of ether oxygens (including phenoxy) is 3. The van der Waals surface area contributed by atoms with Crippen molar-refractivity contribution in [2.45, 2.75) is 42.7 Å². The molecular formula is C15H20F2N2O7. The number of hydrogen-bond donors (Lipinski definition) is 4. The molecular weight excluding hydrogens is 358 g/mol. The van der Waals surface area contributed by atoms with Crippen molar-refractivity contribution in [2.75, 3.05) is 13.7 Å². The monoisotopic (exact) mass is 378 g/mol. The van der Waals surface area contributed by atoms with Crippen LogP contribution in [0.1, 0.15) is 11.6 Å². The minimum atomic E-state index is -4.06. The van der Waals surface area contributed by atoms with Crippen LogP contribution in [0.3, 0.4) is 0 Å². The van der Waals surface area contributed by atoms with Gasteiger partial charge in [0.05, 0.1) is 0 Å². The largest absolute Gasteiger partial charge is 0.458 e. The second-order valence-corrected chi connectivity index (χ2v) is 5.73. The Balaban J connectivity index is 2.00. The summed E-state index contributed by atoms with van der Waals surface area (Å²) in [7, 11) is 1.17. The van der Waals surface area contributed by atoms with Gasteiger partial charge in [0.25, 0.3) is 0 Å². The fourth-order valence-electron chi connectivity index (χ4n) is 2.41. The van der Waals surface area contributed by atoms with Gasteiger partial charge < -0.3 is 35.3 Å². The molecule has 0 unspecified atom stereocenters. The van der Waals surface area contributed by atoms with Crippen molar-refractivity contribution in [2.24, 2.45) is 5.73 Å².